The van der Waals surface area contributed by atoms with Gasteiger partial charge in [0.05, 0.1) is 24.2 Å². The molecule has 0 unspecified atom stereocenters. The lowest BCUT2D eigenvalue weighted by Gasteiger charge is -2.26. The minimum atomic E-state index is 0.102. The van der Waals surface area contributed by atoms with Crippen LogP contribution in [0.4, 0.5) is 5.69 Å². The molecule has 0 atom stereocenters. The molecule has 5 heteroatoms. The van der Waals surface area contributed by atoms with E-state index in [0.29, 0.717) is 0 Å². The van der Waals surface area contributed by atoms with E-state index in [1.165, 1.54) is 0 Å². The molecule has 1 N–H and O–H groups in total. The number of hydrogen-bond donors (Lipinski definition) is 1. The number of ether oxygens (including phenoxy) is 1. The Hall–Kier alpha value is -2.37. The fourth-order valence-corrected chi connectivity index (χ4v) is 3.71. The lowest BCUT2D eigenvalue weighted by molar-refractivity contribution is 0.0378. The van der Waals surface area contributed by atoms with Crippen LogP contribution in [0.15, 0.2) is 47.3 Å². The minimum absolute atomic E-state index is 0.102. The molecule has 136 valence electrons. The number of aryl methyl sites for hydroxylation is 1. The van der Waals surface area contributed by atoms with Gasteiger partial charge in [0.2, 0.25) is 0 Å². The number of para-hydroxylation sites is 1. The zero-order chi connectivity index (χ0) is 17.9. The second kappa shape index (κ2) is 7.48. The summed E-state index contributed by atoms with van der Waals surface area (Å²) in [7, 11) is 2.01. The van der Waals surface area contributed by atoms with Gasteiger partial charge in [0.25, 0.3) is 0 Å². The van der Waals surface area contributed by atoms with E-state index in [0.717, 1.165) is 73.3 Å². The Morgan fingerprint density at radius 2 is 1.81 bits per heavy atom. The van der Waals surface area contributed by atoms with E-state index >= 15 is 0 Å². The summed E-state index contributed by atoms with van der Waals surface area (Å²) >= 11 is 0. The molecule has 3 aromatic rings. The normalized spacial score (nSPS) is 15.6. The van der Waals surface area contributed by atoms with Crippen molar-refractivity contribution in [2.24, 2.45) is 7.05 Å². The second-order valence-electron chi connectivity index (χ2n) is 6.87. The molecule has 0 radical (unpaired) electrons. The summed E-state index contributed by atoms with van der Waals surface area (Å²) < 4.78 is 7.47. The number of nitrogens with zero attached hydrogens (tertiary/aromatic N) is 2. The van der Waals surface area contributed by atoms with Crippen molar-refractivity contribution in [1.29, 1.82) is 0 Å². The topological polar surface area (TPSA) is 46.5 Å². The molecule has 4 rings (SSSR count). The summed E-state index contributed by atoms with van der Waals surface area (Å²) in [5.74, 6) is 0. The third-order valence-corrected chi connectivity index (χ3v) is 5.20. The van der Waals surface area contributed by atoms with Crippen LogP contribution >= 0.6 is 0 Å². The lowest BCUT2D eigenvalue weighted by Crippen LogP contribution is -2.37. The quantitative estimate of drug-likeness (QED) is 0.567. The number of benzene rings is 2. The van der Waals surface area contributed by atoms with E-state index in [4.69, 9.17) is 4.74 Å². The van der Waals surface area contributed by atoms with Crippen molar-refractivity contribution in [2.75, 3.05) is 44.7 Å². The van der Waals surface area contributed by atoms with Crippen molar-refractivity contribution in [3.8, 4) is 0 Å². The molecule has 1 aliphatic rings. The van der Waals surface area contributed by atoms with Crippen LogP contribution in [-0.4, -0.2) is 48.9 Å². The molecule has 0 aliphatic carbocycles. The van der Waals surface area contributed by atoms with Crippen LogP contribution < -0.4 is 10.7 Å². The number of pyridine rings is 1. The molecule has 1 aromatic heterocycles. The van der Waals surface area contributed by atoms with Gasteiger partial charge in [0.15, 0.2) is 5.43 Å². The Morgan fingerprint density at radius 1 is 1.04 bits per heavy atom. The molecule has 0 bridgehead atoms. The summed E-state index contributed by atoms with van der Waals surface area (Å²) in [6, 6.07) is 13.9. The summed E-state index contributed by atoms with van der Waals surface area (Å²) in [5, 5.41) is 5.00. The standard InChI is InChI=1S/C21H25N3O2/c1-23-19-6-3-2-5-17(19)21(25)18-15-16(7-8-20(18)23)22-9-4-10-24-11-13-26-14-12-24/h2-3,5-8,15,22H,4,9-14H2,1H3. The molecule has 0 saturated carbocycles. The fourth-order valence-electron chi connectivity index (χ4n) is 3.71. The van der Waals surface area contributed by atoms with Gasteiger partial charge in [-0.3, -0.25) is 9.69 Å². The van der Waals surface area contributed by atoms with Gasteiger partial charge in [0.1, 0.15) is 0 Å². The largest absolute Gasteiger partial charge is 0.385 e. The Kier molecular flexibility index (Phi) is 4.91. The molecule has 5 nitrogen and oxygen atoms in total. The van der Waals surface area contributed by atoms with E-state index in [-0.39, 0.29) is 5.43 Å². The predicted octanol–water partition coefficient (Wildman–Crippen LogP) is 2.83. The Morgan fingerprint density at radius 3 is 2.65 bits per heavy atom. The highest BCUT2D eigenvalue weighted by atomic mass is 16.5. The maximum absolute atomic E-state index is 12.9. The number of hydrogen-bond acceptors (Lipinski definition) is 4. The van der Waals surface area contributed by atoms with Gasteiger partial charge < -0.3 is 14.6 Å². The van der Waals surface area contributed by atoms with Gasteiger partial charge >= 0.3 is 0 Å². The van der Waals surface area contributed by atoms with E-state index in [1.54, 1.807) is 0 Å². The number of morpholine rings is 1. The van der Waals surface area contributed by atoms with E-state index in [9.17, 15) is 4.79 Å². The van der Waals surface area contributed by atoms with Crippen molar-refractivity contribution in [3.05, 3.63) is 52.7 Å². The molecule has 2 heterocycles. The van der Waals surface area contributed by atoms with Gasteiger partial charge in [-0.15, -0.1) is 0 Å². The summed E-state index contributed by atoms with van der Waals surface area (Å²) in [5.41, 5.74) is 3.04. The van der Waals surface area contributed by atoms with Gasteiger partial charge in [0, 0.05) is 43.1 Å². The first kappa shape index (κ1) is 17.1. The zero-order valence-electron chi connectivity index (χ0n) is 15.2. The van der Waals surface area contributed by atoms with Gasteiger partial charge in [-0.2, -0.15) is 0 Å². The van der Waals surface area contributed by atoms with Gasteiger partial charge in [-0.25, -0.2) is 0 Å². The molecule has 1 fully saturated rings. The van der Waals surface area contributed by atoms with E-state index in [1.807, 2.05) is 43.4 Å². The zero-order valence-corrected chi connectivity index (χ0v) is 15.2. The Bertz CT molecular complexity index is 974. The van der Waals surface area contributed by atoms with Gasteiger partial charge in [-0.05, 0) is 43.3 Å². The number of fused-ring (bicyclic) bond motifs is 2. The molecule has 0 amide bonds. The van der Waals surface area contributed by atoms with Crippen molar-refractivity contribution in [2.45, 2.75) is 6.42 Å². The SMILES string of the molecule is Cn1c2ccccc2c(=O)c2cc(NCCCN3CCOCC3)ccc21. The highest BCUT2D eigenvalue weighted by Gasteiger charge is 2.10. The van der Waals surface area contributed by atoms with Crippen LogP contribution in [0.3, 0.4) is 0 Å². The van der Waals surface area contributed by atoms with Crippen LogP contribution in [-0.2, 0) is 11.8 Å². The summed E-state index contributed by atoms with van der Waals surface area (Å²) in [4.78, 5) is 15.3. The third kappa shape index (κ3) is 3.32. The monoisotopic (exact) mass is 351 g/mol. The van der Waals surface area contributed by atoms with Gasteiger partial charge in [-0.1, -0.05) is 12.1 Å². The maximum Gasteiger partial charge on any atom is 0.197 e. The van der Waals surface area contributed by atoms with Crippen LogP contribution in [0.1, 0.15) is 6.42 Å². The molecule has 2 aromatic carbocycles. The summed E-state index contributed by atoms with van der Waals surface area (Å²) in [6.07, 6.45) is 1.08. The Labute approximate surface area is 153 Å². The first-order chi connectivity index (χ1) is 12.7. The number of anilines is 1. The number of aromatic nitrogens is 1. The second-order valence-corrected chi connectivity index (χ2v) is 6.87. The first-order valence-electron chi connectivity index (χ1n) is 9.29. The molecule has 1 saturated heterocycles. The lowest BCUT2D eigenvalue weighted by atomic mass is 10.1. The first-order valence-corrected chi connectivity index (χ1v) is 9.29. The molecule has 26 heavy (non-hydrogen) atoms. The average Bonchev–Trinajstić information content (AvgIpc) is 2.70. The molecule has 1 aliphatic heterocycles. The molecule has 0 spiro atoms. The molecular formula is C21H25N3O2. The number of nitrogens with one attached hydrogen (secondary N) is 1. The fraction of sp³-hybridized carbons (Fsp3) is 0.381. The molecular weight excluding hydrogens is 326 g/mol. The van der Waals surface area contributed by atoms with Crippen molar-refractivity contribution < 1.29 is 4.74 Å². The number of rotatable bonds is 5. The van der Waals surface area contributed by atoms with Crippen LogP contribution in [0.25, 0.3) is 21.8 Å². The van der Waals surface area contributed by atoms with Crippen LogP contribution in [0, 0.1) is 0 Å². The Balaban J connectivity index is 1.51. The van der Waals surface area contributed by atoms with Crippen LogP contribution in [0.2, 0.25) is 0 Å². The summed E-state index contributed by atoms with van der Waals surface area (Å²) in [6.45, 7) is 5.72. The van der Waals surface area contributed by atoms with Crippen molar-refractivity contribution in [1.82, 2.24) is 9.47 Å². The van der Waals surface area contributed by atoms with E-state index in [2.05, 4.69) is 20.9 Å². The minimum Gasteiger partial charge on any atom is -0.385 e. The average molecular weight is 351 g/mol. The maximum atomic E-state index is 12.9. The van der Waals surface area contributed by atoms with Crippen molar-refractivity contribution >= 4 is 27.5 Å². The smallest absolute Gasteiger partial charge is 0.197 e. The van der Waals surface area contributed by atoms with Crippen molar-refractivity contribution in [3.63, 3.8) is 0 Å². The highest BCUT2D eigenvalue weighted by molar-refractivity contribution is 5.94. The van der Waals surface area contributed by atoms with E-state index < -0.39 is 0 Å². The predicted molar refractivity (Wildman–Crippen MR) is 107 cm³/mol. The highest BCUT2D eigenvalue weighted by Crippen LogP contribution is 2.21. The third-order valence-electron chi connectivity index (χ3n) is 5.20. The van der Waals surface area contributed by atoms with Crippen LogP contribution in [0.5, 0.6) is 0 Å².